The number of hydrogen-bond donors (Lipinski definition) is 0. The van der Waals surface area contributed by atoms with Crippen molar-refractivity contribution in [1.82, 2.24) is 4.57 Å². The van der Waals surface area contributed by atoms with Gasteiger partial charge in [0.2, 0.25) is 0 Å². The number of aryl methyl sites for hydroxylation is 2. The molecule has 1 heterocycles. The van der Waals surface area contributed by atoms with E-state index in [1.54, 1.807) is 5.82 Å². The van der Waals surface area contributed by atoms with Crippen molar-refractivity contribution in [1.29, 1.82) is 0 Å². The van der Waals surface area contributed by atoms with Crippen molar-refractivity contribution in [2.24, 2.45) is 0 Å². The molecule has 0 saturated heterocycles. The molecule has 1 aromatic rings. The molecule has 0 spiro atoms. The zero-order valence-corrected chi connectivity index (χ0v) is 31.7. The van der Waals surface area contributed by atoms with Gasteiger partial charge >= 0.3 is 0 Å². The Balaban J connectivity index is 2.30. The molecule has 0 fully saturated rings. The van der Waals surface area contributed by atoms with Gasteiger partial charge in [0, 0.05) is 6.42 Å². The summed E-state index contributed by atoms with van der Waals surface area (Å²) in [5.41, 5.74) is 0. The molecule has 0 aliphatic carbocycles. The summed E-state index contributed by atoms with van der Waals surface area (Å²) in [5, 5.41) is 0. The fourth-order valence-electron chi connectivity index (χ4n) is 7.21. The van der Waals surface area contributed by atoms with Crippen molar-refractivity contribution in [2.75, 3.05) is 0 Å². The molecule has 0 amide bonds. The van der Waals surface area contributed by atoms with Crippen LogP contribution in [0.5, 0.6) is 0 Å². The van der Waals surface area contributed by atoms with Gasteiger partial charge in [0.25, 0.3) is 5.82 Å². The third-order valence-electron chi connectivity index (χ3n) is 10.3. The molecule has 2 heteroatoms. The van der Waals surface area contributed by atoms with Crippen LogP contribution in [0, 0.1) is 0 Å². The topological polar surface area (TPSA) is 8.81 Å². The molecule has 45 heavy (non-hydrogen) atoms. The highest BCUT2D eigenvalue weighted by Crippen LogP contribution is 2.16. The Morgan fingerprint density at radius 1 is 0.378 bits per heavy atom. The molecule has 1 rings (SSSR count). The molecular weight excluding hydrogens is 544 g/mol. The predicted molar refractivity (Wildman–Crippen MR) is 202 cm³/mol. The van der Waals surface area contributed by atoms with E-state index in [1.807, 2.05) is 0 Å². The zero-order valence-electron chi connectivity index (χ0n) is 31.7. The number of imidazole rings is 1. The van der Waals surface area contributed by atoms with E-state index >= 15 is 0 Å². The normalized spacial score (nSPS) is 11.6. The fourth-order valence-corrected chi connectivity index (χ4v) is 7.21. The first-order valence-electron chi connectivity index (χ1n) is 21.4. The van der Waals surface area contributed by atoms with Crippen LogP contribution in [-0.4, -0.2) is 4.57 Å². The summed E-state index contributed by atoms with van der Waals surface area (Å²) in [4.78, 5) is 0. The summed E-state index contributed by atoms with van der Waals surface area (Å²) in [6.45, 7) is 9.41. The first-order chi connectivity index (χ1) is 22.3. The Bertz CT molecular complexity index is 692. The van der Waals surface area contributed by atoms with Crippen molar-refractivity contribution in [3.8, 4) is 0 Å². The molecule has 0 atom stereocenters. The quantitative estimate of drug-likeness (QED) is 0.0511. The third-order valence-corrected chi connectivity index (χ3v) is 10.3. The van der Waals surface area contributed by atoms with E-state index in [1.165, 1.54) is 238 Å². The Labute approximate surface area is 285 Å². The van der Waals surface area contributed by atoms with Crippen LogP contribution in [0.1, 0.15) is 245 Å². The van der Waals surface area contributed by atoms with Gasteiger partial charge in [-0.15, -0.1) is 0 Å². The lowest BCUT2D eigenvalue weighted by molar-refractivity contribution is -0.704. The van der Waals surface area contributed by atoms with E-state index in [9.17, 15) is 0 Å². The van der Waals surface area contributed by atoms with Gasteiger partial charge in [-0.05, 0) is 32.1 Å². The van der Waals surface area contributed by atoms with E-state index < -0.39 is 0 Å². The molecule has 1 aromatic heterocycles. The molecular formula is C43H85N2+. The van der Waals surface area contributed by atoms with Crippen molar-refractivity contribution >= 4 is 0 Å². The lowest BCUT2D eigenvalue weighted by Gasteiger charge is -2.07. The van der Waals surface area contributed by atoms with Crippen LogP contribution in [0.25, 0.3) is 0 Å². The summed E-state index contributed by atoms with van der Waals surface area (Å²) in [6.07, 6.45) is 54.8. The second-order valence-electron chi connectivity index (χ2n) is 14.8. The summed E-state index contributed by atoms with van der Waals surface area (Å²) < 4.78 is 5.29. The smallest absolute Gasteiger partial charge is 0.234 e. The van der Waals surface area contributed by atoms with Gasteiger partial charge in [-0.25, -0.2) is 9.13 Å². The maximum absolute atomic E-state index is 2.64. The average molecular weight is 630 g/mol. The maximum Gasteiger partial charge on any atom is 0.256 e. The SMILES string of the molecule is CCCCCCCCCCCCCCc1n(CCCCCCCCCCCCCC)cc[n+]1CCCCCCCCCCCC. The second kappa shape index (κ2) is 34.5. The molecule has 0 saturated carbocycles. The van der Waals surface area contributed by atoms with Crippen LogP contribution < -0.4 is 4.57 Å². The molecule has 0 unspecified atom stereocenters. The first kappa shape index (κ1) is 42.2. The highest BCUT2D eigenvalue weighted by molar-refractivity contribution is 4.84. The van der Waals surface area contributed by atoms with Gasteiger partial charge in [-0.3, -0.25) is 0 Å². The molecule has 0 bridgehead atoms. The summed E-state index contributed by atoms with van der Waals surface area (Å²) in [5.74, 6) is 1.63. The maximum atomic E-state index is 2.64. The van der Waals surface area contributed by atoms with Gasteiger partial charge in [0.15, 0.2) is 0 Å². The standard InChI is InChI=1S/C43H85N2/c1-4-7-10-13-16-19-22-24-26-29-32-35-38-43-44(39-36-33-30-27-21-18-15-12-9-6-3)41-42-45(43)40-37-34-31-28-25-23-20-17-14-11-8-5-2/h41-42H,4-40H2,1-3H3/q+1. The van der Waals surface area contributed by atoms with Crippen LogP contribution in [0.2, 0.25) is 0 Å². The number of rotatable bonds is 37. The largest absolute Gasteiger partial charge is 0.256 e. The second-order valence-corrected chi connectivity index (χ2v) is 14.8. The molecule has 266 valence electrons. The molecule has 0 aromatic carbocycles. The van der Waals surface area contributed by atoms with Crippen LogP contribution in [-0.2, 0) is 19.5 Å². The number of hydrogen-bond acceptors (Lipinski definition) is 0. The summed E-state index contributed by atoms with van der Waals surface area (Å²) >= 11 is 0. The van der Waals surface area contributed by atoms with Gasteiger partial charge < -0.3 is 0 Å². The van der Waals surface area contributed by atoms with Crippen LogP contribution >= 0.6 is 0 Å². The van der Waals surface area contributed by atoms with Crippen molar-refractivity contribution in [2.45, 2.75) is 259 Å². The zero-order chi connectivity index (χ0) is 32.3. The highest BCUT2D eigenvalue weighted by Gasteiger charge is 2.16. The van der Waals surface area contributed by atoms with E-state index in [4.69, 9.17) is 0 Å². The lowest BCUT2D eigenvalue weighted by Crippen LogP contribution is -2.37. The third kappa shape index (κ3) is 26.9. The van der Waals surface area contributed by atoms with Crippen LogP contribution in [0.15, 0.2) is 12.4 Å². The highest BCUT2D eigenvalue weighted by atomic mass is 15.1. The van der Waals surface area contributed by atoms with Gasteiger partial charge in [-0.1, -0.05) is 207 Å². The molecule has 2 nitrogen and oxygen atoms in total. The van der Waals surface area contributed by atoms with E-state index in [0.29, 0.717) is 0 Å². The van der Waals surface area contributed by atoms with Crippen molar-refractivity contribution in [3.63, 3.8) is 0 Å². The minimum atomic E-state index is 1.23. The molecule has 0 aliphatic heterocycles. The van der Waals surface area contributed by atoms with Crippen molar-refractivity contribution < 1.29 is 4.57 Å². The number of unbranched alkanes of at least 4 members (excludes halogenated alkanes) is 31. The van der Waals surface area contributed by atoms with Gasteiger partial charge in [0.05, 0.1) is 13.1 Å². The van der Waals surface area contributed by atoms with Crippen LogP contribution in [0.3, 0.4) is 0 Å². The Morgan fingerprint density at radius 3 is 1.07 bits per heavy atom. The average Bonchev–Trinajstić information content (AvgIpc) is 3.43. The molecule has 0 radical (unpaired) electrons. The lowest BCUT2D eigenvalue weighted by atomic mass is 10.0. The van der Waals surface area contributed by atoms with Gasteiger partial charge in [-0.2, -0.15) is 0 Å². The van der Waals surface area contributed by atoms with Gasteiger partial charge in [0.1, 0.15) is 12.4 Å². The predicted octanol–water partition coefficient (Wildman–Crippen LogP) is 14.6. The first-order valence-corrected chi connectivity index (χ1v) is 21.4. The number of nitrogens with zero attached hydrogens (tertiary/aromatic N) is 2. The van der Waals surface area contributed by atoms with E-state index in [-0.39, 0.29) is 0 Å². The Hall–Kier alpha value is -0.790. The Kier molecular flexibility index (Phi) is 32.4. The van der Waals surface area contributed by atoms with Crippen molar-refractivity contribution in [3.05, 3.63) is 18.2 Å². The monoisotopic (exact) mass is 630 g/mol. The van der Waals surface area contributed by atoms with E-state index in [0.717, 1.165) is 0 Å². The minimum absolute atomic E-state index is 1.23. The minimum Gasteiger partial charge on any atom is -0.234 e. The van der Waals surface area contributed by atoms with Crippen LogP contribution in [0.4, 0.5) is 0 Å². The fraction of sp³-hybridized carbons (Fsp3) is 0.930. The molecule has 0 aliphatic rings. The summed E-state index contributed by atoms with van der Waals surface area (Å²) in [7, 11) is 0. The van der Waals surface area contributed by atoms with E-state index in [2.05, 4.69) is 42.3 Å². The molecule has 0 N–H and O–H groups in total. The summed E-state index contributed by atoms with van der Waals surface area (Å²) in [6, 6.07) is 0. The Morgan fingerprint density at radius 2 is 0.689 bits per heavy atom. The number of aromatic nitrogens is 2.